The number of amides is 1. The molecule has 0 fully saturated rings. The second kappa shape index (κ2) is 7.72. The van der Waals surface area contributed by atoms with E-state index in [1.165, 1.54) is 17.3 Å². The number of hydrogen-bond donors (Lipinski definition) is 2. The summed E-state index contributed by atoms with van der Waals surface area (Å²) in [4.78, 5) is 13.0. The van der Waals surface area contributed by atoms with Crippen LogP contribution in [0.1, 0.15) is 48.7 Å². The van der Waals surface area contributed by atoms with E-state index in [1.54, 1.807) is 6.08 Å². The van der Waals surface area contributed by atoms with Gasteiger partial charge in [0.05, 0.1) is 0 Å². The highest BCUT2D eigenvalue weighted by Crippen LogP contribution is 2.42. The molecule has 2 unspecified atom stereocenters. The molecule has 0 bridgehead atoms. The molecule has 144 valence electrons. The molecule has 2 aromatic carbocycles. The van der Waals surface area contributed by atoms with Gasteiger partial charge in [-0.3, -0.25) is 9.80 Å². The van der Waals surface area contributed by atoms with Crippen LogP contribution >= 0.6 is 11.8 Å². The first kappa shape index (κ1) is 18.6. The number of carbonyl (C=O) groups excluding carboxylic acids is 1. The molecule has 1 amide bonds. The van der Waals surface area contributed by atoms with Crippen molar-refractivity contribution in [1.29, 1.82) is 0 Å². The van der Waals surface area contributed by atoms with Crippen molar-refractivity contribution in [2.75, 3.05) is 11.1 Å². The Balaban J connectivity index is 1.76. The molecule has 0 spiro atoms. The summed E-state index contributed by atoms with van der Waals surface area (Å²) in [6.45, 7) is 8.11. The molecule has 2 N–H and O–H groups in total. The van der Waals surface area contributed by atoms with E-state index >= 15 is 0 Å². The number of nitrogens with one attached hydrogen (secondary N) is 2. The first-order chi connectivity index (χ1) is 13.6. The van der Waals surface area contributed by atoms with Crippen LogP contribution in [0.25, 0.3) is 0 Å². The molecule has 2 aromatic rings. The number of amidine groups is 1. The van der Waals surface area contributed by atoms with E-state index < -0.39 is 6.04 Å². The Labute approximate surface area is 169 Å². The van der Waals surface area contributed by atoms with Crippen LogP contribution in [0.5, 0.6) is 0 Å². The lowest BCUT2D eigenvalue weighted by atomic mass is 9.96. The third-order valence-electron chi connectivity index (χ3n) is 5.02. The Morgan fingerprint density at radius 2 is 1.96 bits per heavy atom. The highest BCUT2D eigenvalue weighted by molar-refractivity contribution is 8.14. The molecule has 2 atom stereocenters. The predicted molar refractivity (Wildman–Crippen MR) is 116 cm³/mol. The van der Waals surface area contributed by atoms with Gasteiger partial charge in [-0.05, 0) is 23.1 Å². The van der Waals surface area contributed by atoms with Crippen LogP contribution in [0.2, 0.25) is 0 Å². The number of para-hydroxylation sites is 1. The maximum absolute atomic E-state index is 13.0. The Morgan fingerprint density at radius 3 is 2.68 bits per heavy atom. The van der Waals surface area contributed by atoms with Gasteiger partial charge < -0.3 is 10.6 Å². The van der Waals surface area contributed by atoms with E-state index in [0.29, 0.717) is 16.8 Å². The lowest BCUT2D eigenvalue weighted by Gasteiger charge is -2.43. The van der Waals surface area contributed by atoms with Crippen molar-refractivity contribution in [2.24, 2.45) is 5.10 Å². The lowest BCUT2D eigenvalue weighted by molar-refractivity contribution is -0.127. The van der Waals surface area contributed by atoms with Gasteiger partial charge in [-0.2, -0.15) is 0 Å². The van der Waals surface area contributed by atoms with E-state index in [0.717, 1.165) is 16.8 Å². The Kier molecular flexibility index (Phi) is 5.13. The summed E-state index contributed by atoms with van der Waals surface area (Å²) in [5, 5.41) is 13.8. The van der Waals surface area contributed by atoms with Gasteiger partial charge in [-0.15, -0.1) is 11.7 Å². The summed E-state index contributed by atoms with van der Waals surface area (Å²) in [5.74, 6) is 1.11. The van der Waals surface area contributed by atoms with Crippen LogP contribution in [0.15, 0.2) is 66.3 Å². The number of carbonyl (C=O) groups is 1. The van der Waals surface area contributed by atoms with Crippen LogP contribution in [-0.2, 0) is 4.79 Å². The second-order valence-electron chi connectivity index (χ2n) is 7.23. The Hall–Kier alpha value is -2.73. The van der Waals surface area contributed by atoms with Crippen LogP contribution in [0.3, 0.4) is 0 Å². The standard InChI is InChI=1S/C22H24N4OS/c1-4-13-28-22-24-21(27)19-17-7-5-6-8-18(17)23-20(26(19)25-22)16-11-9-15(10-12-16)14(2)3/h4-12,14,19-20,23H,1,13H2,2-3H3,(H,24,25,27). The summed E-state index contributed by atoms with van der Waals surface area (Å²) in [5.41, 5.74) is 4.27. The monoisotopic (exact) mass is 392 g/mol. The molecule has 5 nitrogen and oxygen atoms in total. The molecule has 0 saturated heterocycles. The molecule has 2 heterocycles. The maximum Gasteiger partial charge on any atom is 0.255 e. The summed E-state index contributed by atoms with van der Waals surface area (Å²) >= 11 is 1.47. The van der Waals surface area contributed by atoms with E-state index in [1.807, 2.05) is 29.3 Å². The fraction of sp³-hybridized carbons (Fsp3) is 0.273. The largest absolute Gasteiger partial charge is 0.360 e. The Morgan fingerprint density at radius 1 is 1.21 bits per heavy atom. The molecule has 0 aliphatic carbocycles. The molecular weight excluding hydrogens is 368 g/mol. The summed E-state index contributed by atoms with van der Waals surface area (Å²) in [6.07, 6.45) is 1.59. The van der Waals surface area contributed by atoms with E-state index in [2.05, 4.69) is 55.3 Å². The quantitative estimate of drug-likeness (QED) is 0.747. The van der Waals surface area contributed by atoms with Crippen molar-refractivity contribution >= 4 is 28.5 Å². The van der Waals surface area contributed by atoms with E-state index in [4.69, 9.17) is 5.10 Å². The minimum absolute atomic E-state index is 0.0562. The number of fused-ring (bicyclic) bond motifs is 3. The highest BCUT2D eigenvalue weighted by atomic mass is 32.2. The molecule has 28 heavy (non-hydrogen) atoms. The zero-order valence-electron chi connectivity index (χ0n) is 16.1. The van der Waals surface area contributed by atoms with Crippen molar-refractivity contribution in [3.05, 3.63) is 77.9 Å². The van der Waals surface area contributed by atoms with Gasteiger partial charge in [-0.1, -0.05) is 74.1 Å². The minimum Gasteiger partial charge on any atom is -0.360 e. The van der Waals surface area contributed by atoms with E-state index in [9.17, 15) is 4.79 Å². The molecule has 2 aliphatic rings. The SMILES string of the molecule is C=CCSC1=NN2C(c3ccc(C(C)C)cc3)Nc3ccccc3C2C(=O)N1. The number of nitrogens with zero attached hydrogens (tertiary/aromatic N) is 2. The molecule has 0 aromatic heterocycles. The fourth-order valence-corrected chi connectivity index (χ4v) is 4.15. The zero-order valence-corrected chi connectivity index (χ0v) is 16.9. The smallest absolute Gasteiger partial charge is 0.255 e. The van der Waals surface area contributed by atoms with Gasteiger partial charge in [0.25, 0.3) is 5.91 Å². The van der Waals surface area contributed by atoms with E-state index in [-0.39, 0.29) is 12.1 Å². The van der Waals surface area contributed by atoms with Crippen molar-refractivity contribution in [3.63, 3.8) is 0 Å². The average molecular weight is 393 g/mol. The number of hydrogen-bond acceptors (Lipinski definition) is 5. The van der Waals surface area contributed by atoms with Gasteiger partial charge in [-0.25, -0.2) is 0 Å². The lowest BCUT2D eigenvalue weighted by Crippen LogP contribution is -2.50. The third-order valence-corrected chi connectivity index (χ3v) is 5.88. The summed E-state index contributed by atoms with van der Waals surface area (Å²) in [7, 11) is 0. The van der Waals surface area contributed by atoms with Gasteiger partial charge in [0.1, 0.15) is 6.17 Å². The molecule has 0 radical (unpaired) electrons. The first-order valence-corrected chi connectivity index (χ1v) is 10.4. The van der Waals surface area contributed by atoms with Crippen LogP contribution in [0, 0.1) is 0 Å². The number of thioether (sulfide) groups is 1. The predicted octanol–water partition coefficient (Wildman–Crippen LogP) is 4.60. The van der Waals surface area contributed by atoms with Gasteiger partial charge in [0.2, 0.25) is 0 Å². The van der Waals surface area contributed by atoms with Gasteiger partial charge >= 0.3 is 0 Å². The molecule has 0 saturated carbocycles. The zero-order chi connectivity index (χ0) is 19.7. The fourth-order valence-electron chi connectivity index (χ4n) is 3.55. The molecule has 2 aliphatic heterocycles. The summed E-state index contributed by atoms with van der Waals surface area (Å²) < 4.78 is 0. The third kappa shape index (κ3) is 3.40. The number of hydrazone groups is 1. The number of rotatable bonds is 4. The Bertz CT molecular complexity index is 922. The van der Waals surface area contributed by atoms with Gasteiger partial charge in [0.15, 0.2) is 11.2 Å². The van der Waals surface area contributed by atoms with Crippen molar-refractivity contribution in [3.8, 4) is 0 Å². The first-order valence-electron chi connectivity index (χ1n) is 9.45. The summed E-state index contributed by atoms with van der Waals surface area (Å²) in [6, 6.07) is 16.0. The van der Waals surface area contributed by atoms with Crippen LogP contribution < -0.4 is 10.6 Å². The minimum atomic E-state index is -0.458. The van der Waals surface area contributed by atoms with Crippen LogP contribution in [-0.4, -0.2) is 21.8 Å². The van der Waals surface area contributed by atoms with Gasteiger partial charge in [0, 0.05) is 17.0 Å². The number of anilines is 1. The normalized spacial score (nSPS) is 20.6. The van der Waals surface area contributed by atoms with Crippen molar-refractivity contribution in [2.45, 2.75) is 32.0 Å². The second-order valence-corrected chi connectivity index (χ2v) is 8.24. The maximum atomic E-state index is 13.0. The van der Waals surface area contributed by atoms with Crippen molar-refractivity contribution < 1.29 is 4.79 Å². The number of benzene rings is 2. The molecule has 6 heteroatoms. The average Bonchev–Trinajstić information content (AvgIpc) is 2.71. The topological polar surface area (TPSA) is 56.7 Å². The van der Waals surface area contributed by atoms with Crippen molar-refractivity contribution in [1.82, 2.24) is 10.3 Å². The molecular formula is C22H24N4OS. The highest BCUT2D eigenvalue weighted by Gasteiger charge is 2.41. The molecule has 4 rings (SSSR count). The van der Waals surface area contributed by atoms with Crippen LogP contribution in [0.4, 0.5) is 5.69 Å².